The molecular formula is C11H21F3N2. The van der Waals surface area contributed by atoms with E-state index in [4.69, 9.17) is 0 Å². The van der Waals surface area contributed by atoms with E-state index in [1.54, 1.807) is 4.90 Å². The highest BCUT2D eigenvalue weighted by Crippen LogP contribution is 2.33. The van der Waals surface area contributed by atoms with E-state index in [0.717, 1.165) is 19.4 Å². The summed E-state index contributed by atoms with van der Waals surface area (Å²) in [7, 11) is 1.83. The van der Waals surface area contributed by atoms with Crippen molar-refractivity contribution in [3.05, 3.63) is 0 Å². The van der Waals surface area contributed by atoms with Crippen LogP contribution in [0.15, 0.2) is 0 Å². The van der Waals surface area contributed by atoms with E-state index in [0.29, 0.717) is 0 Å². The molecule has 0 aliphatic heterocycles. The second-order valence-corrected chi connectivity index (χ2v) is 4.79. The highest BCUT2D eigenvalue weighted by Gasteiger charge is 2.41. The largest absolute Gasteiger partial charge is 0.401 e. The molecule has 0 heterocycles. The first-order chi connectivity index (χ1) is 7.35. The van der Waals surface area contributed by atoms with Gasteiger partial charge < -0.3 is 5.32 Å². The van der Waals surface area contributed by atoms with Gasteiger partial charge >= 0.3 is 6.18 Å². The first kappa shape index (κ1) is 13.8. The van der Waals surface area contributed by atoms with Gasteiger partial charge in [-0.1, -0.05) is 6.92 Å². The SMILES string of the molecule is CNCC(C)C(C)N(CC(F)(F)F)C1CC1. The third-order valence-corrected chi connectivity index (χ3v) is 3.25. The summed E-state index contributed by atoms with van der Waals surface area (Å²) in [5, 5.41) is 3.02. The Morgan fingerprint density at radius 1 is 1.31 bits per heavy atom. The van der Waals surface area contributed by atoms with Crippen molar-refractivity contribution < 1.29 is 13.2 Å². The molecule has 0 radical (unpaired) electrons. The molecule has 0 aromatic rings. The summed E-state index contributed by atoms with van der Waals surface area (Å²) >= 11 is 0. The lowest BCUT2D eigenvalue weighted by Crippen LogP contribution is -2.46. The van der Waals surface area contributed by atoms with Crippen molar-refractivity contribution in [2.24, 2.45) is 5.92 Å². The molecule has 1 aliphatic rings. The molecule has 0 saturated heterocycles. The van der Waals surface area contributed by atoms with Crippen LogP contribution in [0.25, 0.3) is 0 Å². The van der Waals surface area contributed by atoms with Crippen LogP contribution in [0.2, 0.25) is 0 Å². The molecule has 16 heavy (non-hydrogen) atoms. The topological polar surface area (TPSA) is 15.3 Å². The molecule has 1 saturated carbocycles. The van der Waals surface area contributed by atoms with E-state index in [-0.39, 0.29) is 18.0 Å². The average molecular weight is 238 g/mol. The fraction of sp³-hybridized carbons (Fsp3) is 1.00. The first-order valence-corrected chi connectivity index (χ1v) is 5.82. The summed E-state index contributed by atoms with van der Waals surface area (Å²) in [6, 6.07) is 0.123. The Hall–Kier alpha value is -0.290. The van der Waals surface area contributed by atoms with Gasteiger partial charge in [0.15, 0.2) is 0 Å². The minimum Gasteiger partial charge on any atom is -0.319 e. The van der Waals surface area contributed by atoms with E-state index in [1.807, 2.05) is 20.9 Å². The molecular weight excluding hydrogens is 217 g/mol. The second kappa shape index (κ2) is 5.36. The predicted octanol–water partition coefficient (Wildman–Crippen LogP) is 2.26. The zero-order valence-electron chi connectivity index (χ0n) is 10.1. The van der Waals surface area contributed by atoms with Gasteiger partial charge in [-0.3, -0.25) is 4.90 Å². The van der Waals surface area contributed by atoms with Crippen LogP contribution in [-0.2, 0) is 0 Å². The van der Waals surface area contributed by atoms with Crippen LogP contribution in [-0.4, -0.2) is 43.3 Å². The van der Waals surface area contributed by atoms with E-state index < -0.39 is 12.7 Å². The summed E-state index contributed by atoms with van der Waals surface area (Å²) in [6.07, 6.45) is -2.27. The third kappa shape index (κ3) is 4.29. The van der Waals surface area contributed by atoms with E-state index in [9.17, 15) is 13.2 Å². The standard InChI is InChI=1S/C11H21F3N2/c1-8(6-15-3)9(2)16(10-4-5-10)7-11(12,13)14/h8-10,15H,4-7H2,1-3H3. The fourth-order valence-corrected chi connectivity index (χ4v) is 2.04. The first-order valence-electron chi connectivity index (χ1n) is 5.82. The highest BCUT2D eigenvalue weighted by atomic mass is 19.4. The van der Waals surface area contributed by atoms with Crippen LogP contribution in [0.1, 0.15) is 26.7 Å². The maximum absolute atomic E-state index is 12.4. The molecule has 2 atom stereocenters. The summed E-state index contributed by atoms with van der Waals surface area (Å²) in [6.45, 7) is 3.87. The highest BCUT2D eigenvalue weighted by molar-refractivity contribution is 4.90. The lowest BCUT2D eigenvalue weighted by atomic mass is 10.0. The molecule has 0 spiro atoms. The normalized spacial score (nSPS) is 21.2. The lowest BCUT2D eigenvalue weighted by Gasteiger charge is -2.33. The molecule has 0 aromatic heterocycles. The zero-order valence-corrected chi connectivity index (χ0v) is 10.1. The average Bonchev–Trinajstić information content (AvgIpc) is 2.95. The van der Waals surface area contributed by atoms with Gasteiger partial charge in [0.2, 0.25) is 0 Å². The number of rotatable bonds is 6. The Kier molecular flexibility index (Phi) is 4.62. The predicted molar refractivity (Wildman–Crippen MR) is 58.3 cm³/mol. The quantitative estimate of drug-likeness (QED) is 0.763. The summed E-state index contributed by atoms with van der Waals surface area (Å²) < 4.78 is 37.3. The maximum atomic E-state index is 12.4. The van der Waals surface area contributed by atoms with Crippen molar-refractivity contribution in [3.8, 4) is 0 Å². The third-order valence-electron chi connectivity index (χ3n) is 3.25. The Bertz CT molecular complexity index is 214. The number of hydrogen-bond acceptors (Lipinski definition) is 2. The molecule has 2 nitrogen and oxygen atoms in total. The molecule has 1 rings (SSSR count). The van der Waals surface area contributed by atoms with E-state index in [2.05, 4.69) is 5.32 Å². The van der Waals surface area contributed by atoms with Crippen molar-refractivity contribution >= 4 is 0 Å². The Labute approximate surface area is 95.2 Å². The van der Waals surface area contributed by atoms with Crippen LogP contribution in [0.3, 0.4) is 0 Å². The monoisotopic (exact) mass is 238 g/mol. The van der Waals surface area contributed by atoms with Crippen LogP contribution in [0, 0.1) is 5.92 Å². The molecule has 1 N–H and O–H groups in total. The maximum Gasteiger partial charge on any atom is 0.401 e. The van der Waals surface area contributed by atoms with Crippen LogP contribution < -0.4 is 5.32 Å². The van der Waals surface area contributed by atoms with Crippen LogP contribution in [0.5, 0.6) is 0 Å². The molecule has 2 unspecified atom stereocenters. The van der Waals surface area contributed by atoms with Gasteiger partial charge in [-0.05, 0) is 39.3 Å². The van der Waals surface area contributed by atoms with Crippen molar-refractivity contribution in [2.75, 3.05) is 20.1 Å². The summed E-state index contributed by atoms with van der Waals surface area (Å²) in [5.74, 6) is 0.230. The van der Waals surface area contributed by atoms with Crippen LogP contribution in [0.4, 0.5) is 13.2 Å². The minimum atomic E-state index is -4.09. The van der Waals surface area contributed by atoms with Gasteiger partial charge in [0.25, 0.3) is 0 Å². The minimum absolute atomic E-state index is 0.0263. The summed E-state index contributed by atoms with van der Waals surface area (Å²) in [5.41, 5.74) is 0. The Morgan fingerprint density at radius 3 is 2.25 bits per heavy atom. The number of nitrogens with zero attached hydrogens (tertiary/aromatic N) is 1. The van der Waals surface area contributed by atoms with Gasteiger partial charge in [0, 0.05) is 12.1 Å². The molecule has 96 valence electrons. The number of halogens is 3. The van der Waals surface area contributed by atoms with Crippen molar-refractivity contribution in [2.45, 2.75) is 44.9 Å². The van der Waals surface area contributed by atoms with E-state index >= 15 is 0 Å². The smallest absolute Gasteiger partial charge is 0.319 e. The van der Waals surface area contributed by atoms with Gasteiger partial charge in [-0.15, -0.1) is 0 Å². The molecule has 0 aromatic carbocycles. The van der Waals surface area contributed by atoms with Gasteiger partial charge in [0.05, 0.1) is 6.54 Å². The summed E-state index contributed by atoms with van der Waals surface area (Å²) in [4.78, 5) is 1.61. The number of alkyl halides is 3. The van der Waals surface area contributed by atoms with Gasteiger partial charge in [0.1, 0.15) is 0 Å². The van der Waals surface area contributed by atoms with Crippen molar-refractivity contribution in [1.82, 2.24) is 10.2 Å². The number of hydrogen-bond donors (Lipinski definition) is 1. The Morgan fingerprint density at radius 2 is 1.88 bits per heavy atom. The molecule has 0 amide bonds. The second-order valence-electron chi connectivity index (χ2n) is 4.79. The van der Waals surface area contributed by atoms with Gasteiger partial charge in [-0.25, -0.2) is 0 Å². The fourth-order valence-electron chi connectivity index (χ4n) is 2.04. The zero-order chi connectivity index (χ0) is 12.3. The molecule has 1 fully saturated rings. The van der Waals surface area contributed by atoms with Gasteiger partial charge in [-0.2, -0.15) is 13.2 Å². The lowest BCUT2D eigenvalue weighted by molar-refractivity contribution is -0.153. The number of nitrogens with one attached hydrogen (secondary N) is 1. The van der Waals surface area contributed by atoms with E-state index in [1.165, 1.54) is 0 Å². The van der Waals surface area contributed by atoms with Crippen LogP contribution >= 0.6 is 0 Å². The molecule has 5 heteroatoms. The Balaban J connectivity index is 2.55. The van der Waals surface area contributed by atoms with Crippen molar-refractivity contribution in [1.29, 1.82) is 0 Å². The van der Waals surface area contributed by atoms with Crippen molar-refractivity contribution in [3.63, 3.8) is 0 Å². The molecule has 1 aliphatic carbocycles. The molecule has 0 bridgehead atoms.